The van der Waals surface area contributed by atoms with Crippen LogP contribution in [0, 0.1) is 0 Å². The van der Waals surface area contributed by atoms with Crippen molar-refractivity contribution in [3.05, 3.63) is 29.8 Å². The Bertz CT molecular complexity index is 339. The Labute approximate surface area is 98.5 Å². The minimum atomic E-state index is -4.06. The lowest BCUT2D eigenvalue weighted by Crippen LogP contribution is -2.08. The molecule has 2 N–H and O–H groups in total. The Hall–Kier alpha value is -1.23. The smallest absolute Gasteiger partial charge is 0.389 e. The van der Waals surface area contributed by atoms with E-state index in [2.05, 4.69) is 5.32 Å². The van der Waals surface area contributed by atoms with Gasteiger partial charge in [-0.2, -0.15) is 13.2 Å². The van der Waals surface area contributed by atoms with E-state index in [1.165, 1.54) is 0 Å². The topological polar surface area (TPSA) is 32.3 Å². The molecule has 17 heavy (non-hydrogen) atoms. The maximum Gasteiger partial charge on any atom is 0.389 e. The van der Waals surface area contributed by atoms with Gasteiger partial charge in [0.05, 0.1) is 6.61 Å². The highest BCUT2D eigenvalue weighted by molar-refractivity contribution is 5.45. The average molecular weight is 247 g/mol. The number of aliphatic hydroxyl groups excluding tert-OH is 1. The summed E-state index contributed by atoms with van der Waals surface area (Å²) < 4.78 is 35.6. The Morgan fingerprint density at radius 3 is 2.59 bits per heavy atom. The van der Waals surface area contributed by atoms with Crippen LogP contribution in [0.1, 0.15) is 24.8 Å². The van der Waals surface area contributed by atoms with E-state index >= 15 is 0 Å². The van der Waals surface area contributed by atoms with Crippen LogP contribution in [0.4, 0.5) is 18.9 Å². The molecule has 0 radical (unpaired) electrons. The van der Waals surface area contributed by atoms with Crippen molar-refractivity contribution in [2.75, 3.05) is 11.9 Å². The van der Waals surface area contributed by atoms with Crippen LogP contribution in [-0.2, 0) is 6.61 Å². The quantitative estimate of drug-likeness (QED) is 0.756. The third-order valence-electron chi connectivity index (χ3n) is 2.33. The van der Waals surface area contributed by atoms with Crippen molar-refractivity contribution in [3.63, 3.8) is 0 Å². The van der Waals surface area contributed by atoms with Crippen molar-refractivity contribution in [2.24, 2.45) is 0 Å². The van der Waals surface area contributed by atoms with Crippen molar-refractivity contribution in [1.82, 2.24) is 0 Å². The molecule has 96 valence electrons. The van der Waals surface area contributed by atoms with Crippen molar-refractivity contribution >= 4 is 5.69 Å². The molecule has 0 bridgehead atoms. The minimum Gasteiger partial charge on any atom is -0.392 e. The molecule has 0 unspecified atom stereocenters. The molecular weight excluding hydrogens is 231 g/mol. The normalized spacial score (nSPS) is 11.5. The number of rotatable bonds is 6. The van der Waals surface area contributed by atoms with Gasteiger partial charge in [0.15, 0.2) is 0 Å². The summed E-state index contributed by atoms with van der Waals surface area (Å²) in [5, 5.41) is 11.9. The van der Waals surface area contributed by atoms with Gasteiger partial charge in [-0.25, -0.2) is 0 Å². The van der Waals surface area contributed by atoms with Gasteiger partial charge in [0, 0.05) is 18.7 Å². The maximum absolute atomic E-state index is 11.9. The monoisotopic (exact) mass is 247 g/mol. The molecule has 0 spiro atoms. The first-order valence-corrected chi connectivity index (χ1v) is 5.52. The Morgan fingerprint density at radius 1 is 1.18 bits per heavy atom. The Balaban J connectivity index is 2.22. The van der Waals surface area contributed by atoms with Gasteiger partial charge in [-0.15, -0.1) is 0 Å². The number of nitrogens with one attached hydrogen (secondary N) is 1. The molecule has 0 aliphatic carbocycles. The van der Waals surface area contributed by atoms with Gasteiger partial charge in [-0.1, -0.05) is 12.1 Å². The number of hydrogen-bond acceptors (Lipinski definition) is 2. The summed E-state index contributed by atoms with van der Waals surface area (Å²) in [5.74, 6) is 0. The maximum atomic E-state index is 11.9. The predicted molar refractivity (Wildman–Crippen MR) is 60.8 cm³/mol. The second-order valence-corrected chi connectivity index (χ2v) is 3.86. The number of anilines is 1. The summed E-state index contributed by atoms with van der Waals surface area (Å²) in [4.78, 5) is 0. The van der Waals surface area contributed by atoms with Crippen LogP contribution in [0.5, 0.6) is 0 Å². The first-order chi connectivity index (χ1) is 8.01. The van der Waals surface area contributed by atoms with E-state index < -0.39 is 12.6 Å². The molecule has 0 aliphatic heterocycles. The van der Waals surface area contributed by atoms with E-state index in [0.717, 1.165) is 11.3 Å². The van der Waals surface area contributed by atoms with Gasteiger partial charge in [0.25, 0.3) is 0 Å². The van der Waals surface area contributed by atoms with Gasteiger partial charge >= 0.3 is 6.18 Å². The first-order valence-electron chi connectivity index (χ1n) is 5.52. The van der Waals surface area contributed by atoms with E-state index in [-0.39, 0.29) is 13.0 Å². The average Bonchev–Trinajstić information content (AvgIpc) is 2.27. The van der Waals surface area contributed by atoms with E-state index in [1.54, 1.807) is 18.2 Å². The van der Waals surface area contributed by atoms with Gasteiger partial charge in [0.1, 0.15) is 0 Å². The highest BCUT2D eigenvalue weighted by atomic mass is 19.4. The molecule has 5 heteroatoms. The number of halogens is 3. The van der Waals surface area contributed by atoms with E-state index in [4.69, 9.17) is 5.11 Å². The fraction of sp³-hybridized carbons (Fsp3) is 0.500. The molecule has 1 aromatic carbocycles. The lowest BCUT2D eigenvalue weighted by atomic mass is 10.2. The molecule has 0 fully saturated rings. The molecule has 1 rings (SSSR count). The molecule has 0 aliphatic rings. The number of aliphatic hydroxyl groups is 1. The zero-order valence-corrected chi connectivity index (χ0v) is 9.43. The van der Waals surface area contributed by atoms with Crippen LogP contribution >= 0.6 is 0 Å². The third kappa shape index (κ3) is 6.16. The zero-order valence-electron chi connectivity index (χ0n) is 9.43. The summed E-state index contributed by atoms with van der Waals surface area (Å²) in [7, 11) is 0. The molecule has 0 saturated carbocycles. The molecular formula is C12H16F3NO. The SMILES string of the molecule is OCc1cccc(NCCCCC(F)(F)F)c1. The van der Waals surface area contributed by atoms with Gasteiger partial charge < -0.3 is 10.4 Å². The second-order valence-electron chi connectivity index (χ2n) is 3.86. The lowest BCUT2D eigenvalue weighted by Gasteiger charge is -2.08. The van der Waals surface area contributed by atoms with Gasteiger partial charge in [0.2, 0.25) is 0 Å². The molecule has 0 heterocycles. The summed E-state index contributed by atoms with van der Waals surface area (Å²) in [6.07, 6.45) is -4.18. The van der Waals surface area contributed by atoms with Crippen LogP contribution in [0.3, 0.4) is 0 Å². The van der Waals surface area contributed by atoms with Crippen LogP contribution in [-0.4, -0.2) is 17.8 Å². The Morgan fingerprint density at radius 2 is 1.94 bits per heavy atom. The van der Waals surface area contributed by atoms with Gasteiger partial charge in [-0.05, 0) is 30.5 Å². The summed E-state index contributed by atoms with van der Waals surface area (Å²) >= 11 is 0. The van der Waals surface area contributed by atoms with Gasteiger partial charge in [-0.3, -0.25) is 0 Å². The van der Waals surface area contributed by atoms with Crippen LogP contribution in [0.25, 0.3) is 0 Å². The molecule has 0 saturated heterocycles. The fourth-order valence-corrected chi connectivity index (χ4v) is 1.46. The third-order valence-corrected chi connectivity index (χ3v) is 2.33. The summed E-state index contributed by atoms with van der Waals surface area (Å²) in [6, 6.07) is 7.19. The van der Waals surface area contributed by atoms with Crippen molar-refractivity contribution in [2.45, 2.75) is 32.0 Å². The molecule has 0 amide bonds. The lowest BCUT2D eigenvalue weighted by molar-refractivity contribution is -0.135. The van der Waals surface area contributed by atoms with Crippen molar-refractivity contribution in [1.29, 1.82) is 0 Å². The van der Waals surface area contributed by atoms with Crippen molar-refractivity contribution < 1.29 is 18.3 Å². The molecule has 0 atom stereocenters. The van der Waals surface area contributed by atoms with Crippen LogP contribution in [0.2, 0.25) is 0 Å². The summed E-state index contributed by atoms with van der Waals surface area (Å²) in [6.45, 7) is 0.467. The highest BCUT2D eigenvalue weighted by Gasteiger charge is 2.25. The molecule has 2 nitrogen and oxygen atoms in total. The molecule has 1 aromatic rings. The first kappa shape index (κ1) is 13.8. The predicted octanol–water partition coefficient (Wildman–Crippen LogP) is 3.32. The van der Waals surface area contributed by atoms with E-state index in [9.17, 15) is 13.2 Å². The number of benzene rings is 1. The summed E-state index contributed by atoms with van der Waals surface area (Å²) in [5.41, 5.74) is 1.61. The number of alkyl halides is 3. The van der Waals surface area contributed by atoms with Crippen molar-refractivity contribution in [3.8, 4) is 0 Å². The standard InChI is InChI=1S/C12H16F3NO/c13-12(14,15)6-1-2-7-16-11-5-3-4-10(8-11)9-17/h3-5,8,16-17H,1-2,6-7,9H2. The van der Waals surface area contributed by atoms with E-state index in [0.29, 0.717) is 13.0 Å². The minimum absolute atomic E-state index is 0.0381. The number of hydrogen-bond donors (Lipinski definition) is 2. The fourth-order valence-electron chi connectivity index (χ4n) is 1.46. The Kier molecular flexibility index (Phi) is 5.28. The van der Waals surface area contributed by atoms with Crippen LogP contribution in [0.15, 0.2) is 24.3 Å². The molecule has 0 aromatic heterocycles. The van der Waals surface area contributed by atoms with E-state index in [1.807, 2.05) is 6.07 Å². The van der Waals surface area contributed by atoms with Crippen LogP contribution < -0.4 is 5.32 Å². The second kappa shape index (κ2) is 6.49. The highest BCUT2D eigenvalue weighted by Crippen LogP contribution is 2.22. The zero-order chi connectivity index (χ0) is 12.7. The number of unbranched alkanes of at least 4 members (excludes halogenated alkanes) is 1. The largest absolute Gasteiger partial charge is 0.392 e.